The Kier molecular flexibility index (Phi) is 4.94. The first kappa shape index (κ1) is 15.8. The molecule has 0 aliphatic heterocycles. The van der Waals surface area contributed by atoms with Crippen LogP contribution in [0.3, 0.4) is 0 Å². The van der Waals surface area contributed by atoms with E-state index in [1.54, 1.807) is 0 Å². The summed E-state index contributed by atoms with van der Waals surface area (Å²) in [7, 11) is 0. The first-order chi connectivity index (χ1) is 10.5. The molecule has 22 heavy (non-hydrogen) atoms. The number of amides is 1. The van der Waals surface area contributed by atoms with Gasteiger partial charge in [0.25, 0.3) is 0 Å². The van der Waals surface area contributed by atoms with Gasteiger partial charge in [-0.15, -0.1) is 0 Å². The number of hydrogen-bond acceptors (Lipinski definition) is 2. The number of carboxylic acid groups (broad SMARTS) is 1. The molecule has 0 atom stereocenters. The maximum Gasteiger partial charge on any atom is 0.323 e. The number of hydrogen-bond donors (Lipinski definition) is 1. The van der Waals surface area contributed by atoms with E-state index in [0.717, 1.165) is 11.1 Å². The summed E-state index contributed by atoms with van der Waals surface area (Å²) in [5.41, 5.74) is 4.39. The number of aryl methyl sites for hydroxylation is 1. The largest absolute Gasteiger partial charge is 0.480 e. The molecule has 0 saturated carbocycles. The van der Waals surface area contributed by atoms with Crippen molar-refractivity contribution in [2.24, 2.45) is 0 Å². The van der Waals surface area contributed by atoms with Crippen LogP contribution >= 0.6 is 0 Å². The van der Waals surface area contributed by atoms with Crippen molar-refractivity contribution in [3.05, 3.63) is 59.7 Å². The van der Waals surface area contributed by atoms with E-state index in [1.807, 2.05) is 36.4 Å². The Morgan fingerprint density at radius 1 is 1.05 bits per heavy atom. The van der Waals surface area contributed by atoms with Crippen molar-refractivity contribution in [3.63, 3.8) is 0 Å². The van der Waals surface area contributed by atoms with Gasteiger partial charge in [-0.3, -0.25) is 9.59 Å². The van der Waals surface area contributed by atoms with Gasteiger partial charge in [-0.05, 0) is 29.2 Å². The fourth-order valence-electron chi connectivity index (χ4n) is 2.35. The topological polar surface area (TPSA) is 57.6 Å². The van der Waals surface area contributed by atoms with Crippen molar-refractivity contribution in [1.82, 2.24) is 4.90 Å². The zero-order valence-electron chi connectivity index (χ0n) is 12.7. The maximum atomic E-state index is 11.5. The van der Waals surface area contributed by atoms with Gasteiger partial charge in [-0.25, -0.2) is 0 Å². The van der Waals surface area contributed by atoms with Crippen LogP contribution in [0.1, 0.15) is 18.1 Å². The summed E-state index contributed by atoms with van der Waals surface area (Å²) in [6.45, 7) is 3.46. The minimum absolute atomic E-state index is 0.245. The third-order valence-electron chi connectivity index (χ3n) is 3.55. The molecule has 1 N–H and O–H groups in total. The number of carbonyl (C=O) groups is 2. The zero-order valence-corrected chi connectivity index (χ0v) is 12.7. The van der Waals surface area contributed by atoms with Gasteiger partial charge < -0.3 is 10.0 Å². The lowest BCUT2D eigenvalue weighted by Crippen LogP contribution is -2.33. The van der Waals surface area contributed by atoms with Gasteiger partial charge in [0.2, 0.25) is 5.91 Å². The van der Waals surface area contributed by atoms with E-state index in [1.165, 1.54) is 23.0 Å². The Hall–Kier alpha value is -2.62. The minimum Gasteiger partial charge on any atom is -0.480 e. The molecule has 0 aromatic heterocycles. The number of benzene rings is 2. The van der Waals surface area contributed by atoms with Crippen molar-refractivity contribution < 1.29 is 14.7 Å². The molecule has 4 heteroatoms. The van der Waals surface area contributed by atoms with Gasteiger partial charge in [0.15, 0.2) is 0 Å². The van der Waals surface area contributed by atoms with Gasteiger partial charge in [-0.1, -0.05) is 48.5 Å². The molecule has 0 saturated heterocycles. The van der Waals surface area contributed by atoms with Crippen LogP contribution in [0.2, 0.25) is 0 Å². The summed E-state index contributed by atoms with van der Waals surface area (Å²) in [4.78, 5) is 23.6. The molecule has 0 aliphatic rings. The lowest BCUT2D eigenvalue weighted by Gasteiger charge is -2.19. The monoisotopic (exact) mass is 297 g/mol. The Bertz CT molecular complexity index is 677. The molecule has 0 aliphatic carbocycles. The van der Waals surface area contributed by atoms with Gasteiger partial charge >= 0.3 is 5.97 Å². The predicted molar refractivity (Wildman–Crippen MR) is 85.3 cm³/mol. The second kappa shape index (κ2) is 6.89. The highest BCUT2D eigenvalue weighted by molar-refractivity contribution is 5.79. The second-order valence-electron chi connectivity index (χ2n) is 5.28. The maximum absolute atomic E-state index is 11.5. The Morgan fingerprint density at radius 3 is 2.23 bits per heavy atom. The number of nitrogens with zero attached hydrogens (tertiary/aromatic N) is 1. The molecule has 4 nitrogen and oxygen atoms in total. The van der Waals surface area contributed by atoms with Crippen molar-refractivity contribution >= 4 is 11.9 Å². The summed E-state index contributed by atoms with van der Waals surface area (Å²) in [5, 5.41) is 8.84. The van der Waals surface area contributed by atoms with Crippen molar-refractivity contribution in [2.75, 3.05) is 6.54 Å². The van der Waals surface area contributed by atoms with Gasteiger partial charge in [-0.2, -0.15) is 0 Å². The van der Waals surface area contributed by atoms with Crippen LogP contribution in [0, 0.1) is 6.92 Å². The van der Waals surface area contributed by atoms with E-state index in [9.17, 15) is 9.59 Å². The Morgan fingerprint density at radius 2 is 1.68 bits per heavy atom. The highest BCUT2D eigenvalue weighted by Crippen LogP contribution is 2.23. The third kappa shape index (κ3) is 3.95. The first-order valence-electron chi connectivity index (χ1n) is 7.09. The van der Waals surface area contributed by atoms with Crippen LogP contribution in [0.15, 0.2) is 48.5 Å². The van der Waals surface area contributed by atoms with E-state index in [2.05, 4.69) is 19.1 Å². The van der Waals surface area contributed by atoms with Gasteiger partial charge in [0.1, 0.15) is 6.54 Å². The van der Waals surface area contributed by atoms with E-state index in [0.29, 0.717) is 6.54 Å². The number of carbonyl (C=O) groups excluding carboxylic acids is 1. The van der Waals surface area contributed by atoms with Crippen molar-refractivity contribution in [2.45, 2.75) is 20.4 Å². The summed E-state index contributed by atoms with van der Waals surface area (Å²) < 4.78 is 0. The summed E-state index contributed by atoms with van der Waals surface area (Å²) in [6, 6.07) is 16.0. The van der Waals surface area contributed by atoms with Crippen LogP contribution in [0.5, 0.6) is 0 Å². The first-order valence-corrected chi connectivity index (χ1v) is 7.09. The van der Waals surface area contributed by atoms with Crippen molar-refractivity contribution in [3.8, 4) is 11.1 Å². The molecule has 114 valence electrons. The highest BCUT2D eigenvalue weighted by Gasteiger charge is 2.13. The van der Waals surface area contributed by atoms with Crippen LogP contribution in [-0.4, -0.2) is 28.4 Å². The number of carboxylic acids is 1. The molecule has 0 unspecified atom stereocenters. The normalized spacial score (nSPS) is 10.3. The molecule has 0 fully saturated rings. The van der Waals surface area contributed by atoms with Gasteiger partial charge in [0.05, 0.1) is 0 Å². The van der Waals surface area contributed by atoms with Gasteiger partial charge in [0, 0.05) is 13.5 Å². The molecule has 2 rings (SSSR count). The second-order valence-corrected chi connectivity index (χ2v) is 5.28. The fraction of sp³-hybridized carbons (Fsp3) is 0.222. The summed E-state index contributed by atoms with van der Waals surface area (Å²) >= 11 is 0. The zero-order chi connectivity index (χ0) is 16.1. The minimum atomic E-state index is -1.01. The molecule has 0 spiro atoms. The lowest BCUT2D eigenvalue weighted by molar-refractivity contribution is -0.144. The lowest BCUT2D eigenvalue weighted by atomic mass is 9.99. The predicted octanol–water partition coefficient (Wildman–Crippen LogP) is 3.10. The highest BCUT2D eigenvalue weighted by atomic mass is 16.4. The Labute approximate surface area is 130 Å². The smallest absolute Gasteiger partial charge is 0.323 e. The Balaban J connectivity index is 2.16. The van der Waals surface area contributed by atoms with Crippen LogP contribution in [-0.2, 0) is 16.1 Å². The third-order valence-corrected chi connectivity index (χ3v) is 3.55. The standard InChI is InChI=1S/C18H19NO3/c1-13-5-3-4-6-17(13)16-9-7-15(8-10-16)11-19(14(2)20)12-18(21)22/h3-10H,11-12H2,1-2H3,(H,21,22). The van der Waals surface area contributed by atoms with E-state index < -0.39 is 5.97 Å². The van der Waals surface area contributed by atoms with E-state index in [-0.39, 0.29) is 12.5 Å². The SMILES string of the molecule is CC(=O)N(CC(=O)O)Cc1ccc(-c2ccccc2C)cc1. The summed E-state index contributed by atoms with van der Waals surface area (Å²) in [6.07, 6.45) is 0. The summed E-state index contributed by atoms with van der Waals surface area (Å²) in [5.74, 6) is -1.25. The molecule has 0 bridgehead atoms. The molecule has 2 aromatic rings. The molecule has 1 amide bonds. The quantitative estimate of drug-likeness (QED) is 0.922. The van der Waals surface area contributed by atoms with Crippen LogP contribution in [0.25, 0.3) is 11.1 Å². The van der Waals surface area contributed by atoms with Crippen LogP contribution < -0.4 is 0 Å². The molecule has 0 heterocycles. The number of aliphatic carboxylic acids is 1. The fourth-order valence-corrected chi connectivity index (χ4v) is 2.35. The number of rotatable bonds is 5. The van der Waals surface area contributed by atoms with Crippen LogP contribution in [0.4, 0.5) is 0 Å². The molecular formula is C18H19NO3. The van der Waals surface area contributed by atoms with Crippen molar-refractivity contribution in [1.29, 1.82) is 0 Å². The van der Waals surface area contributed by atoms with E-state index in [4.69, 9.17) is 5.11 Å². The molecule has 2 aromatic carbocycles. The molecule has 0 radical (unpaired) electrons. The average Bonchev–Trinajstić information content (AvgIpc) is 2.47. The van der Waals surface area contributed by atoms with E-state index >= 15 is 0 Å². The molecular weight excluding hydrogens is 278 g/mol. The average molecular weight is 297 g/mol.